The van der Waals surface area contributed by atoms with Gasteiger partial charge in [-0.1, -0.05) is 30.0 Å². The highest BCUT2D eigenvalue weighted by Gasteiger charge is 2.38. The molecular weight excluding hydrogens is 448 g/mol. The number of rotatable bonds is 4. The number of likely N-dealkylation sites (N-methyl/N-ethyl adjacent to an activating group) is 1. The number of fused-ring (bicyclic) bond motifs is 3. The van der Waals surface area contributed by atoms with Gasteiger partial charge in [-0.2, -0.15) is 0 Å². The Morgan fingerprint density at radius 3 is 2.55 bits per heavy atom. The van der Waals surface area contributed by atoms with Crippen LogP contribution in [0.2, 0.25) is 0 Å². The topological polar surface area (TPSA) is 54.8 Å². The lowest BCUT2D eigenvalue weighted by Crippen LogP contribution is -2.44. The van der Waals surface area contributed by atoms with Gasteiger partial charge in [-0.15, -0.1) is 0 Å². The van der Waals surface area contributed by atoms with Crippen LogP contribution < -0.4 is 10.3 Å². The quantitative estimate of drug-likeness (QED) is 0.539. The van der Waals surface area contributed by atoms with Gasteiger partial charge in [0.05, 0.1) is 22.8 Å². The minimum atomic E-state index is -0.754. The van der Waals surface area contributed by atoms with Crippen LogP contribution in [-0.4, -0.2) is 55.3 Å². The molecule has 6 nitrogen and oxygen atoms in total. The third-order valence-corrected chi connectivity index (χ3v) is 7.49. The van der Waals surface area contributed by atoms with E-state index >= 15 is 4.39 Å². The van der Waals surface area contributed by atoms with Crippen molar-refractivity contribution in [2.75, 3.05) is 44.7 Å². The van der Waals surface area contributed by atoms with Crippen molar-refractivity contribution >= 4 is 34.3 Å². The maximum atomic E-state index is 15.2. The lowest BCUT2D eigenvalue weighted by molar-refractivity contribution is 0.0518. The molecule has 172 valence electrons. The van der Waals surface area contributed by atoms with Gasteiger partial charge in [0.25, 0.3) is 0 Å². The highest BCUT2D eigenvalue weighted by atomic mass is 32.2. The van der Waals surface area contributed by atoms with E-state index < -0.39 is 22.6 Å². The second-order valence-electron chi connectivity index (χ2n) is 8.20. The van der Waals surface area contributed by atoms with E-state index in [-0.39, 0.29) is 23.4 Å². The molecule has 0 bridgehead atoms. The van der Waals surface area contributed by atoms with Gasteiger partial charge in [0.2, 0.25) is 5.43 Å². The van der Waals surface area contributed by atoms with Crippen LogP contribution in [0.15, 0.2) is 46.2 Å². The standard InChI is InChI=1S/C24H23F2N3O3S/c1-3-32-24(31)20-21(30)15-12-17(26)19(28-10-8-27(2)9-11-28)13-18(15)29-22(33-23(20)29)14-6-4-5-7-16(14)25/h4-7,12-13,22H,3,8-11H2,1-2H3. The monoisotopic (exact) mass is 471 g/mol. The van der Waals surface area contributed by atoms with Gasteiger partial charge in [-0.3, -0.25) is 4.79 Å². The van der Waals surface area contributed by atoms with Gasteiger partial charge in [-0.25, -0.2) is 13.6 Å². The van der Waals surface area contributed by atoms with E-state index in [4.69, 9.17) is 4.74 Å². The zero-order chi connectivity index (χ0) is 23.3. The fourth-order valence-electron chi connectivity index (χ4n) is 4.40. The lowest BCUT2D eigenvalue weighted by Gasteiger charge is -2.37. The van der Waals surface area contributed by atoms with Crippen molar-refractivity contribution in [2.45, 2.75) is 17.3 Å². The number of piperazine rings is 1. The molecule has 3 heterocycles. The zero-order valence-electron chi connectivity index (χ0n) is 18.3. The molecule has 0 spiro atoms. The molecule has 0 amide bonds. The van der Waals surface area contributed by atoms with E-state index in [0.717, 1.165) is 13.1 Å². The maximum absolute atomic E-state index is 15.2. The predicted molar refractivity (Wildman–Crippen MR) is 124 cm³/mol. The van der Waals surface area contributed by atoms with Crippen LogP contribution >= 0.6 is 11.8 Å². The molecule has 3 aromatic rings. The Hall–Kier alpha value is -2.91. The Kier molecular flexibility index (Phi) is 5.62. The van der Waals surface area contributed by atoms with Crippen LogP contribution in [0, 0.1) is 11.6 Å². The lowest BCUT2D eigenvalue weighted by atomic mass is 10.1. The van der Waals surface area contributed by atoms with Crippen molar-refractivity contribution in [2.24, 2.45) is 0 Å². The molecule has 1 saturated heterocycles. The van der Waals surface area contributed by atoms with Crippen molar-refractivity contribution in [3.8, 4) is 0 Å². The number of halogens is 2. The molecule has 0 radical (unpaired) electrons. The first-order valence-corrected chi connectivity index (χ1v) is 11.7. The van der Waals surface area contributed by atoms with Gasteiger partial charge < -0.3 is 19.1 Å². The summed E-state index contributed by atoms with van der Waals surface area (Å²) in [5, 5.41) is 0.0113. The molecule has 0 saturated carbocycles. The first kappa shape index (κ1) is 21.9. The highest BCUT2D eigenvalue weighted by Crippen LogP contribution is 2.51. The number of hydrogen-bond donors (Lipinski definition) is 0. The molecule has 2 aromatic carbocycles. The first-order valence-electron chi connectivity index (χ1n) is 10.8. The maximum Gasteiger partial charge on any atom is 0.344 e. The van der Waals surface area contributed by atoms with Crippen molar-refractivity contribution in [3.63, 3.8) is 0 Å². The van der Waals surface area contributed by atoms with Crippen LogP contribution in [0.1, 0.15) is 28.2 Å². The van der Waals surface area contributed by atoms with E-state index in [1.54, 1.807) is 35.8 Å². The summed E-state index contributed by atoms with van der Waals surface area (Å²) >= 11 is 1.23. The van der Waals surface area contributed by atoms with Gasteiger partial charge in [0.15, 0.2) is 0 Å². The number of hydrogen-bond acceptors (Lipinski definition) is 6. The third-order valence-electron chi connectivity index (χ3n) is 6.18. The number of carbonyl (C=O) groups excluding carboxylic acids is 1. The molecule has 2 aliphatic rings. The number of aromatic nitrogens is 1. The zero-order valence-corrected chi connectivity index (χ0v) is 19.1. The predicted octanol–water partition coefficient (Wildman–Crippen LogP) is 3.86. The van der Waals surface area contributed by atoms with Crippen LogP contribution in [0.5, 0.6) is 0 Å². The Balaban J connectivity index is 1.73. The summed E-state index contributed by atoms with van der Waals surface area (Å²) in [7, 11) is 2.02. The fraction of sp³-hybridized carbons (Fsp3) is 0.333. The van der Waals surface area contributed by atoms with E-state index in [1.165, 1.54) is 23.9 Å². The van der Waals surface area contributed by atoms with E-state index in [1.807, 2.05) is 11.9 Å². The normalized spacial score (nSPS) is 18.2. The first-order chi connectivity index (χ1) is 15.9. The molecule has 2 aliphatic heterocycles. The molecule has 1 fully saturated rings. The summed E-state index contributed by atoms with van der Waals surface area (Å²) in [6.45, 7) is 4.66. The molecular formula is C24H23F2N3O3S. The molecule has 1 aromatic heterocycles. The number of pyridine rings is 1. The summed E-state index contributed by atoms with van der Waals surface area (Å²) in [6.07, 6.45) is 0. The summed E-state index contributed by atoms with van der Waals surface area (Å²) < 4.78 is 36.7. The largest absolute Gasteiger partial charge is 0.462 e. The molecule has 9 heteroatoms. The van der Waals surface area contributed by atoms with Crippen molar-refractivity contribution in [3.05, 3.63) is 69.4 Å². The highest BCUT2D eigenvalue weighted by molar-refractivity contribution is 8.00. The molecule has 0 N–H and O–H groups in total. The Bertz CT molecular complexity index is 1320. The van der Waals surface area contributed by atoms with Crippen LogP contribution in [0.25, 0.3) is 10.9 Å². The fourth-order valence-corrected chi connectivity index (χ4v) is 5.71. The van der Waals surface area contributed by atoms with Gasteiger partial charge in [0.1, 0.15) is 22.6 Å². The average Bonchev–Trinajstić information content (AvgIpc) is 2.78. The second-order valence-corrected chi connectivity index (χ2v) is 9.27. The number of thioether (sulfide) groups is 1. The summed E-state index contributed by atoms with van der Waals surface area (Å²) in [6, 6.07) is 9.25. The van der Waals surface area contributed by atoms with Crippen LogP contribution in [-0.2, 0) is 4.74 Å². The molecule has 33 heavy (non-hydrogen) atoms. The van der Waals surface area contributed by atoms with E-state index in [0.29, 0.717) is 34.9 Å². The number of nitrogens with zero attached hydrogens (tertiary/aromatic N) is 3. The summed E-state index contributed by atoms with van der Waals surface area (Å²) in [4.78, 5) is 30.0. The Labute approximate surface area is 193 Å². The van der Waals surface area contributed by atoms with Gasteiger partial charge >= 0.3 is 5.97 Å². The van der Waals surface area contributed by atoms with Gasteiger partial charge in [0, 0.05) is 37.1 Å². The number of esters is 1. The number of carbonyl (C=O) groups is 1. The average molecular weight is 472 g/mol. The van der Waals surface area contributed by atoms with Gasteiger partial charge in [-0.05, 0) is 32.2 Å². The minimum Gasteiger partial charge on any atom is -0.462 e. The second kappa shape index (κ2) is 8.46. The van der Waals surface area contributed by atoms with Crippen molar-refractivity contribution < 1.29 is 18.3 Å². The molecule has 5 rings (SSSR count). The molecule has 1 atom stereocenters. The molecule has 1 unspecified atom stereocenters. The van der Waals surface area contributed by atoms with E-state index in [2.05, 4.69) is 4.90 Å². The number of ether oxygens (including phenoxy) is 1. The SMILES string of the molecule is CCOC(=O)c1c2n(c3cc(N4CCN(C)CC4)c(F)cc3c1=O)C(c1ccccc1F)S2. The van der Waals surface area contributed by atoms with Crippen LogP contribution in [0.3, 0.4) is 0 Å². The van der Waals surface area contributed by atoms with Crippen LogP contribution in [0.4, 0.5) is 14.5 Å². The summed E-state index contributed by atoms with van der Waals surface area (Å²) in [5.41, 5.74) is 0.607. The molecule has 0 aliphatic carbocycles. The Morgan fingerprint density at radius 1 is 1.12 bits per heavy atom. The van der Waals surface area contributed by atoms with E-state index in [9.17, 15) is 14.0 Å². The van der Waals surface area contributed by atoms with Crippen molar-refractivity contribution in [1.82, 2.24) is 9.47 Å². The smallest absolute Gasteiger partial charge is 0.344 e. The van der Waals surface area contributed by atoms with Crippen molar-refractivity contribution in [1.29, 1.82) is 0 Å². The Morgan fingerprint density at radius 2 is 1.85 bits per heavy atom. The third kappa shape index (κ3) is 3.59. The number of benzene rings is 2. The minimum absolute atomic E-state index is 0.0822. The number of anilines is 1. The summed E-state index contributed by atoms with van der Waals surface area (Å²) in [5.74, 6) is -1.66.